The van der Waals surface area contributed by atoms with Crippen molar-refractivity contribution in [2.45, 2.75) is 25.2 Å². The van der Waals surface area contributed by atoms with E-state index in [-0.39, 0.29) is 6.54 Å². The molecule has 0 rings (SSSR count). The third kappa shape index (κ3) is 5.45. The second-order valence-electron chi connectivity index (χ2n) is 3.10. The van der Waals surface area contributed by atoms with Crippen LogP contribution in [0.5, 0.6) is 0 Å². The lowest BCUT2D eigenvalue weighted by Crippen LogP contribution is -2.52. The number of amides is 1. The van der Waals surface area contributed by atoms with Gasteiger partial charge in [-0.15, -0.1) is 9.42 Å². The van der Waals surface area contributed by atoms with Crippen molar-refractivity contribution in [3.05, 3.63) is 0 Å². The third-order valence-corrected chi connectivity index (χ3v) is 2.29. The van der Waals surface area contributed by atoms with Gasteiger partial charge in [-0.2, -0.15) is 0 Å². The molecule has 0 spiro atoms. The number of hydrogen-bond acceptors (Lipinski definition) is 6. The molecule has 0 aromatic heterocycles. The molecule has 94 valence electrons. The fraction of sp³-hybridized carbons (Fsp3) is 0.857. The van der Waals surface area contributed by atoms with Crippen molar-refractivity contribution >= 4 is 14.2 Å². The lowest BCUT2D eigenvalue weighted by atomic mass is 10.1. The number of rotatable bonds is 7. The molecule has 0 saturated carbocycles. The van der Waals surface area contributed by atoms with E-state index in [0.717, 1.165) is 0 Å². The van der Waals surface area contributed by atoms with Crippen molar-refractivity contribution in [1.82, 2.24) is 5.32 Å². The number of carbonyl (C=O) groups is 1. The Labute approximate surface area is 93.4 Å². The number of nitrogens with two attached hydrogens (primary N) is 1. The van der Waals surface area contributed by atoms with E-state index in [9.17, 15) is 14.5 Å². The molecule has 6 N–H and O–H groups in total. The minimum absolute atomic E-state index is 0.223. The van der Waals surface area contributed by atoms with Crippen molar-refractivity contribution in [3.8, 4) is 0 Å². The Morgan fingerprint density at radius 2 is 2.19 bits per heavy atom. The number of carbonyl (C=O) groups excluding carboxylic acids is 1. The van der Waals surface area contributed by atoms with Gasteiger partial charge < -0.3 is 21.3 Å². The van der Waals surface area contributed by atoms with E-state index in [1.54, 1.807) is 0 Å². The quantitative estimate of drug-likeness (QED) is 0.326. The Bertz CT molecular complexity index is 227. The predicted octanol–water partition coefficient (Wildman–Crippen LogP) is -2.16. The molecule has 4 atom stereocenters. The largest absolute Gasteiger partial charge is 0.695 e. The summed E-state index contributed by atoms with van der Waals surface area (Å²) in [5, 5.41) is 20.8. The number of nitrogens with one attached hydrogen (secondary N) is 1. The molecule has 16 heavy (non-hydrogen) atoms. The molecule has 9 heteroatoms. The second kappa shape index (κ2) is 7.61. The van der Waals surface area contributed by atoms with E-state index < -0.39 is 39.0 Å². The minimum Gasteiger partial charge on any atom is -0.394 e. The van der Waals surface area contributed by atoms with E-state index in [0.29, 0.717) is 0 Å². The summed E-state index contributed by atoms with van der Waals surface area (Å²) in [6.45, 7) is 0.446. The molecule has 0 saturated heterocycles. The van der Waals surface area contributed by atoms with Crippen LogP contribution in [0, 0.1) is 0 Å². The number of aliphatic hydroxyl groups is 2. The Morgan fingerprint density at radius 1 is 1.62 bits per heavy atom. The smallest absolute Gasteiger partial charge is 0.394 e. The number of hydrogen-bond donors (Lipinski definition) is 5. The van der Waals surface area contributed by atoms with E-state index >= 15 is 0 Å². The highest BCUT2D eigenvalue weighted by atomic mass is 31.1. The van der Waals surface area contributed by atoms with Gasteiger partial charge in [-0.3, -0.25) is 4.79 Å². The van der Waals surface area contributed by atoms with E-state index in [2.05, 4.69) is 9.84 Å². The van der Waals surface area contributed by atoms with Crippen LogP contribution in [0.2, 0.25) is 0 Å². The molecule has 0 fully saturated rings. The van der Waals surface area contributed by atoms with Crippen molar-refractivity contribution < 1.29 is 29.0 Å². The van der Waals surface area contributed by atoms with Crippen LogP contribution in [0.3, 0.4) is 0 Å². The van der Waals surface area contributed by atoms with Gasteiger partial charge in [0, 0.05) is 18.0 Å². The zero-order valence-electron chi connectivity index (χ0n) is 8.74. The summed E-state index contributed by atoms with van der Waals surface area (Å²) in [6.07, 6.45) is -2.51. The molecular formula is C7H16N2O6P+. The summed E-state index contributed by atoms with van der Waals surface area (Å²) in [6, 6.07) is -0.999. The molecule has 0 aliphatic heterocycles. The molecule has 8 nitrogen and oxygen atoms in total. The van der Waals surface area contributed by atoms with Gasteiger partial charge in [0.1, 0.15) is 6.10 Å². The molecular weight excluding hydrogens is 239 g/mol. The molecule has 0 radical (unpaired) electrons. The van der Waals surface area contributed by atoms with E-state index in [1.165, 1.54) is 6.92 Å². The maximum absolute atomic E-state index is 10.7. The summed E-state index contributed by atoms with van der Waals surface area (Å²) in [5.74, 6) is -0.456. The first-order valence-electron chi connectivity index (χ1n) is 4.51. The van der Waals surface area contributed by atoms with E-state index in [4.69, 9.17) is 15.7 Å². The van der Waals surface area contributed by atoms with Gasteiger partial charge in [0.15, 0.2) is 6.10 Å². The molecule has 0 aliphatic rings. The molecule has 0 aliphatic carbocycles. The first-order valence-corrected chi connectivity index (χ1v) is 5.64. The van der Waals surface area contributed by atoms with Crippen LogP contribution in [-0.4, -0.2) is 52.4 Å². The molecule has 0 heterocycles. The molecule has 1 amide bonds. The highest BCUT2D eigenvalue weighted by Gasteiger charge is 2.34. The summed E-state index contributed by atoms with van der Waals surface area (Å²) in [5.41, 5.74) is 5.23. The van der Waals surface area contributed by atoms with Crippen LogP contribution in [-0.2, 0) is 13.9 Å². The molecule has 0 aromatic rings. The first-order chi connectivity index (χ1) is 7.42. The van der Waals surface area contributed by atoms with Crippen LogP contribution in [0.4, 0.5) is 0 Å². The highest BCUT2D eigenvalue weighted by molar-refractivity contribution is 7.32. The lowest BCUT2D eigenvalue weighted by Gasteiger charge is -2.24. The second-order valence-corrected chi connectivity index (χ2v) is 3.78. The van der Waals surface area contributed by atoms with Crippen LogP contribution in [0.15, 0.2) is 0 Å². The van der Waals surface area contributed by atoms with Crippen molar-refractivity contribution in [2.75, 3.05) is 13.2 Å². The van der Waals surface area contributed by atoms with E-state index in [1.807, 2.05) is 0 Å². The Hall–Kier alpha value is -0.630. The van der Waals surface area contributed by atoms with Gasteiger partial charge in [0.25, 0.3) is 0 Å². The fourth-order valence-electron chi connectivity index (χ4n) is 1.12. The summed E-state index contributed by atoms with van der Waals surface area (Å²) < 4.78 is 14.9. The summed E-state index contributed by atoms with van der Waals surface area (Å²) in [4.78, 5) is 19.2. The summed E-state index contributed by atoms with van der Waals surface area (Å²) >= 11 is 0. The average molecular weight is 255 g/mol. The third-order valence-electron chi connectivity index (χ3n) is 1.84. The van der Waals surface area contributed by atoms with Crippen LogP contribution < -0.4 is 11.1 Å². The van der Waals surface area contributed by atoms with Gasteiger partial charge in [0.05, 0.1) is 12.6 Å². The standard InChI is InChI=1S/C7H15N2O6P/c1-4(11)9-5(3-10)7(12)6(2-8)15-16(13)14/h5-7,10,12H,2-3,8H2,1H3,(H-,9,11,13,14)/p+1. The van der Waals surface area contributed by atoms with Gasteiger partial charge in [-0.05, 0) is 0 Å². The maximum atomic E-state index is 10.7. The molecule has 0 bridgehead atoms. The van der Waals surface area contributed by atoms with Crippen molar-refractivity contribution in [2.24, 2.45) is 5.73 Å². The Kier molecular flexibility index (Phi) is 7.31. The van der Waals surface area contributed by atoms with Crippen LogP contribution >= 0.6 is 8.25 Å². The van der Waals surface area contributed by atoms with Crippen LogP contribution in [0.1, 0.15) is 6.92 Å². The van der Waals surface area contributed by atoms with Gasteiger partial charge in [0.2, 0.25) is 5.91 Å². The van der Waals surface area contributed by atoms with Crippen molar-refractivity contribution in [1.29, 1.82) is 0 Å². The maximum Gasteiger partial charge on any atom is 0.695 e. The van der Waals surface area contributed by atoms with Gasteiger partial charge in [-0.25, -0.2) is 0 Å². The zero-order valence-corrected chi connectivity index (χ0v) is 9.63. The Balaban J connectivity index is 4.48. The predicted molar refractivity (Wildman–Crippen MR) is 54.5 cm³/mol. The lowest BCUT2D eigenvalue weighted by molar-refractivity contribution is -0.121. The zero-order chi connectivity index (χ0) is 12.7. The highest BCUT2D eigenvalue weighted by Crippen LogP contribution is 2.20. The topological polar surface area (TPSA) is 142 Å². The van der Waals surface area contributed by atoms with Gasteiger partial charge in [-0.1, -0.05) is 0 Å². The van der Waals surface area contributed by atoms with Crippen molar-refractivity contribution in [3.63, 3.8) is 0 Å². The average Bonchev–Trinajstić information content (AvgIpc) is 2.20. The monoisotopic (exact) mass is 255 g/mol. The van der Waals surface area contributed by atoms with Crippen LogP contribution in [0.25, 0.3) is 0 Å². The fourth-order valence-corrected chi connectivity index (χ4v) is 1.56. The van der Waals surface area contributed by atoms with Gasteiger partial charge >= 0.3 is 8.25 Å². The number of aliphatic hydroxyl groups excluding tert-OH is 2. The minimum atomic E-state index is -2.91. The Morgan fingerprint density at radius 3 is 2.50 bits per heavy atom. The molecule has 0 aromatic carbocycles. The normalized spacial score (nSPS) is 17.4. The summed E-state index contributed by atoms with van der Waals surface area (Å²) in [7, 11) is -2.91. The SMILES string of the molecule is CC(=O)NC(CO)C(O)C(CN)O[P+](=O)O. The molecule has 4 unspecified atom stereocenters. The first kappa shape index (κ1) is 15.4.